The zero-order valence-electron chi connectivity index (χ0n) is 28.9. The highest BCUT2D eigenvalue weighted by Gasteiger charge is 2.20. The molecular weight excluding hydrogens is 645 g/mol. The third kappa shape index (κ3) is 6.46. The molecule has 0 saturated heterocycles. The minimum absolute atomic E-state index is 0.602. The Hall–Kier alpha value is -7.17. The highest BCUT2D eigenvalue weighted by Crippen LogP contribution is 2.41. The fourth-order valence-electron chi connectivity index (χ4n) is 6.91. The zero-order chi connectivity index (χ0) is 35.4. The van der Waals surface area contributed by atoms with E-state index in [2.05, 4.69) is 163 Å². The van der Waals surface area contributed by atoms with Crippen molar-refractivity contribution in [3.63, 3.8) is 0 Å². The molecule has 0 bridgehead atoms. The minimum Gasteiger partial charge on any atom is -0.310 e. The highest BCUT2D eigenvalue weighted by atomic mass is 15.2. The maximum Gasteiger partial charge on any atom is 0.166 e. The average Bonchev–Trinajstić information content (AvgIpc) is 3.25. The predicted molar refractivity (Wildman–Crippen MR) is 219 cm³/mol. The molecule has 8 aromatic carbocycles. The van der Waals surface area contributed by atoms with Gasteiger partial charge in [0.05, 0.1) is 5.69 Å². The van der Waals surface area contributed by atoms with Crippen LogP contribution < -0.4 is 4.90 Å². The molecule has 0 saturated carbocycles. The number of fused-ring (bicyclic) bond motifs is 1. The third-order valence-electron chi connectivity index (χ3n) is 9.54. The van der Waals surface area contributed by atoms with Gasteiger partial charge in [0.1, 0.15) is 0 Å². The summed E-state index contributed by atoms with van der Waals surface area (Å²) in [7, 11) is 0. The van der Waals surface area contributed by atoms with Crippen molar-refractivity contribution < 1.29 is 0 Å². The van der Waals surface area contributed by atoms with E-state index < -0.39 is 0 Å². The summed E-state index contributed by atoms with van der Waals surface area (Å²) in [6.07, 6.45) is 0. The average molecular weight is 679 g/mol. The van der Waals surface area contributed by atoms with E-state index in [0.29, 0.717) is 17.5 Å². The van der Waals surface area contributed by atoms with Gasteiger partial charge in [-0.3, -0.25) is 0 Å². The third-order valence-corrected chi connectivity index (χ3v) is 9.54. The molecule has 0 aliphatic rings. The standard InChI is InChI=1S/C49H34N4/c1-4-15-35(16-5-1)36-27-29-40(30-28-36)48-50-47(39-18-6-2-7-19-39)51-49(52-48)45-24-12-13-26-46(45)53(41-21-8-3-9-22-41)42-33-31-38(32-34-42)44-25-14-20-37-17-10-11-23-43(37)44/h1-34H. The van der Waals surface area contributed by atoms with Crippen LogP contribution in [0.2, 0.25) is 0 Å². The van der Waals surface area contributed by atoms with Crippen LogP contribution in [-0.2, 0) is 0 Å². The van der Waals surface area contributed by atoms with E-state index in [4.69, 9.17) is 15.0 Å². The quantitative estimate of drug-likeness (QED) is 0.160. The first kappa shape index (κ1) is 31.8. The van der Waals surface area contributed by atoms with Gasteiger partial charge >= 0.3 is 0 Å². The Morgan fingerprint density at radius 3 is 1.45 bits per heavy atom. The lowest BCUT2D eigenvalue weighted by Crippen LogP contribution is -2.12. The Balaban J connectivity index is 1.17. The van der Waals surface area contributed by atoms with Gasteiger partial charge in [0, 0.05) is 28.1 Å². The topological polar surface area (TPSA) is 41.9 Å². The summed E-state index contributed by atoms with van der Waals surface area (Å²) in [5.74, 6) is 1.84. The summed E-state index contributed by atoms with van der Waals surface area (Å²) in [5, 5.41) is 2.47. The monoisotopic (exact) mass is 678 g/mol. The van der Waals surface area contributed by atoms with Crippen molar-refractivity contribution in [2.45, 2.75) is 0 Å². The van der Waals surface area contributed by atoms with Crippen LogP contribution in [0.4, 0.5) is 17.1 Å². The van der Waals surface area contributed by atoms with E-state index in [0.717, 1.165) is 39.3 Å². The molecule has 9 aromatic rings. The second-order valence-corrected chi connectivity index (χ2v) is 12.9. The first-order chi connectivity index (χ1) is 26.3. The predicted octanol–water partition coefficient (Wildman–Crippen LogP) is 12.8. The van der Waals surface area contributed by atoms with Gasteiger partial charge < -0.3 is 4.90 Å². The summed E-state index contributed by atoms with van der Waals surface area (Å²) in [4.78, 5) is 17.6. The van der Waals surface area contributed by atoms with Gasteiger partial charge in [0.15, 0.2) is 17.5 Å². The number of aromatic nitrogens is 3. The highest BCUT2D eigenvalue weighted by molar-refractivity contribution is 5.97. The van der Waals surface area contributed by atoms with Crippen molar-refractivity contribution in [1.82, 2.24) is 15.0 Å². The van der Waals surface area contributed by atoms with Crippen molar-refractivity contribution in [3.05, 3.63) is 206 Å². The lowest BCUT2D eigenvalue weighted by molar-refractivity contribution is 1.07. The van der Waals surface area contributed by atoms with Crippen molar-refractivity contribution in [1.29, 1.82) is 0 Å². The van der Waals surface area contributed by atoms with Gasteiger partial charge in [-0.15, -0.1) is 0 Å². The number of para-hydroxylation sites is 2. The molecule has 0 unspecified atom stereocenters. The molecule has 53 heavy (non-hydrogen) atoms. The van der Waals surface area contributed by atoms with E-state index in [-0.39, 0.29) is 0 Å². The van der Waals surface area contributed by atoms with Crippen molar-refractivity contribution >= 4 is 27.8 Å². The minimum atomic E-state index is 0.602. The molecule has 0 fully saturated rings. The molecule has 1 aromatic heterocycles. The number of hydrogen-bond donors (Lipinski definition) is 0. The molecule has 1 heterocycles. The lowest BCUT2D eigenvalue weighted by Gasteiger charge is -2.27. The molecule has 4 heteroatoms. The Labute approximate surface area is 309 Å². The summed E-state index contributed by atoms with van der Waals surface area (Å²) < 4.78 is 0. The molecule has 0 N–H and O–H groups in total. The van der Waals surface area contributed by atoms with Crippen molar-refractivity contribution in [3.8, 4) is 56.4 Å². The number of rotatable bonds is 8. The first-order valence-electron chi connectivity index (χ1n) is 17.8. The number of hydrogen-bond acceptors (Lipinski definition) is 4. The van der Waals surface area contributed by atoms with E-state index in [1.807, 2.05) is 48.5 Å². The summed E-state index contributed by atoms with van der Waals surface area (Å²) in [6, 6.07) is 71.6. The molecule has 0 amide bonds. The Morgan fingerprint density at radius 2 is 0.736 bits per heavy atom. The Bertz CT molecular complexity index is 2630. The zero-order valence-corrected chi connectivity index (χ0v) is 28.9. The van der Waals surface area contributed by atoms with E-state index in [9.17, 15) is 0 Å². The normalized spacial score (nSPS) is 11.0. The van der Waals surface area contributed by atoms with E-state index in [1.54, 1.807) is 0 Å². The van der Waals surface area contributed by atoms with Crippen LogP contribution in [0.15, 0.2) is 206 Å². The molecular formula is C49H34N4. The van der Waals surface area contributed by atoms with Gasteiger partial charge in [-0.05, 0) is 69.4 Å². The van der Waals surface area contributed by atoms with Gasteiger partial charge in [-0.25, -0.2) is 15.0 Å². The maximum absolute atomic E-state index is 5.17. The molecule has 0 radical (unpaired) electrons. The largest absolute Gasteiger partial charge is 0.310 e. The van der Waals surface area contributed by atoms with Crippen LogP contribution in [0.3, 0.4) is 0 Å². The van der Waals surface area contributed by atoms with Crippen molar-refractivity contribution in [2.24, 2.45) is 0 Å². The summed E-state index contributed by atoms with van der Waals surface area (Å²) >= 11 is 0. The van der Waals surface area contributed by atoms with Gasteiger partial charge in [-0.2, -0.15) is 0 Å². The van der Waals surface area contributed by atoms with Crippen LogP contribution >= 0.6 is 0 Å². The summed E-state index contributed by atoms with van der Waals surface area (Å²) in [6.45, 7) is 0. The van der Waals surface area contributed by atoms with Crippen LogP contribution in [0.25, 0.3) is 67.2 Å². The summed E-state index contributed by atoms with van der Waals surface area (Å²) in [5.41, 5.74) is 10.5. The van der Waals surface area contributed by atoms with E-state index in [1.165, 1.54) is 27.5 Å². The maximum atomic E-state index is 5.17. The molecule has 250 valence electrons. The molecule has 0 aliphatic heterocycles. The van der Waals surface area contributed by atoms with Gasteiger partial charge in [0.2, 0.25) is 0 Å². The van der Waals surface area contributed by atoms with Crippen LogP contribution in [-0.4, -0.2) is 15.0 Å². The van der Waals surface area contributed by atoms with Gasteiger partial charge in [-0.1, -0.05) is 170 Å². The molecule has 0 aliphatic carbocycles. The fraction of sp³-hybridized carbons (Fsp3) is 0. The number of benzene rings is 8. The smallest absolute Gasteiger partial charge is 0.166 e. The number of anilines is 3. The second-order valence-electron chi connectivity index (χ2n) is 12.9. The molecule has 0 spiro atoms. The second kappa shape index (κ2) is 14.2. The molecule has 4 nitrogen and oxygen atoms in total. The number of nitrogens with zero attached hydrogens (tertiary/aromatic N) is 4. The first-order valence-corrected chi connectivity index (χ1v) is 17.8. The van der Waals surface area contributed by atoms with E-state index >= 15 is 0 Å². The fourth-order valence-corrected chi connectivity index (χ4v) is 6.91. The van der Waals surface area contributed by atoms with Crippen molar-refractivity contribution in [2.75, 3.05) is 4.90 Å². The van der Waals surface area contributed by atoms with Crippen LogP contribution in [0.1, 0.15) is 0 Å². The van der Waals surface area contributed by atoms with Crippen LogP contribution in [0.5, 0.6) is 0 Å². The van der Waals surface area contributed by atoms with Crippen LogP contribution in [0, 0.1) is 0 Å². The van der Waals surface area contributed by atoms with Gasteiger partial charge in [0.25, 0.3) is 0 Å². The SMILES string of the molecule is c1ccc(-c2ccc(-c3nc(-c4ccccc4)nc(-c4ccccc4N(c4ccccc4)c4ccc(-c5cccc6ccccc56)cc4)n3)cc2)cc1. The molecule has 0 atom stereocenters. The lowest BCUT2D eigenvalue weighted by atomic mass is 9.98. The Morgan fingerprint density at radius 1 is 0.283 bits per heavy atom. The Kier molecular flexibility index (Phi) is 8.53. The molecule has 9 rings (SSSR count).